The van der Waals surface area contributed by atoms with Crippen LogP contribution in [0.4, 0.5) is 26.8 Å². The van der Waals surface area contributed by atoms with Crippen LogP contribution in [0.15, 0.2) is 24.3 Å². The third-order valence-corrected chi connectivity index (χ3v) is 4.20. The largest absolute Gasteiger partial charge is 0.450 e. The van der Waals surface area contributed by atoms with Gasteiger partial charge >= 0.3 is 6.09 Å². The molecule has 0 unspecified atom stereocenters. The fraction of sp³-hybridized carbons (Fsp3) is 0.412. The summed E-state index contributed by atoms with van der Waals surface area (Å²) >= 11 is 0. The zero-order valence-corrected chi connectivity index (χ0v) is 15.1. The summed E-state index contributed by atoms with van der Waals surface area (Å²) in [5, 5.41) is 3.00. The zero-order valence-electron chi connectivity index (χ0n) is 15.1. The Morgan fingerprint density at radius 1 is 1.26 bits per heavy atom. The molecule has 1 aromatic carbocycles. The molecule has 4 N–H and O–H groups in total. The summed E-state index contributed by atoms with van der Waals surface area (Å²) < 4.78 is 18.0. The first-order valence-electron chi connectivity index (χ1n) is 8.81. The highest BCUT2D eigenvalue weighted by Gasteiger charge is 2.25. The maximum absolute atomic E-state index is 13.0. The highest BCUT2D eigenvalue weighted by atomic mass is 19.1. The molecule has 1 aliphatic heterocycles. The number of hydrogen-bond acceptors (Lipinski definition) is 7. The van der Waals surface area contributed by atoms with Gasteiger partial charge in [0.15, 0.2) is 5.82 Å². The third-order valence-electron chi connectivity index (χ3n) is 4.20. The SMILES string of the molecule is CCOC(=O)N1CC[NH+](Cc2nc(N)nc(Nc3ccc(F)cc3)n2)CC1. The number of benzene rings is 1. The van der Waals surface area contributed by atoms with Crippen LogP contribution in [-0.4, -0.2) is 58.7 Å². The predicted octanol–water partition coefficient (Wildman–Crippen LogP) is 0.194. The van der Waals surface area contributed by atoms with Crippen molar-refractivity contribution >= 4 is 23.7 Å². The molecular weight excluding hydrogens is 353 g/mol. The number of nitrogens with one attached hydrogen (secondary N) is 2. The average Bonchev–Trinajstić information content (AvgIpc) is 2.64. The van der Waals surface area contributed by atoms with E-state index in [-0.39, 0.29) is 17.9 Å². The Morgan fingerprint density at radius 2 is 1.96 bits per heavy atom. The molecule has 1 aromatic heterocycles. The smallest absolute Gasteiger partial charge is 0.410 e. The molecule has 0 radical (unpaired) electrons. The minimum Gasteiger partial charge on any atom is -0.450 e. The van der Waals surface area contributed by atoms with E-state index in [0.29, 0.717) is 43.7 Å². The fourth-order valence-electron chi connectivity index (χ4n) is 2.86. The Labute approximate surface area is 156 Å². The Morgan fingerprint density at radius 3 is 2.63 bits per heavy atom. The summed E-state index contributed by atoms with van der Waals surface area (Å²) in [7, 11) is 0. The lowest BCUT2D eigenvalue weighted by atomic mass is 10.3. The molecule has 0 aliphatic carbocycles. The third kappa shape index (κ3) is 5.23. The number of nitrogens with two attached hydrogens (primary N) is 1. The summed E-state index contributed by atoms with van der Waals surface area (Å²) in [6, 6.07) is 5.88. The van der Waals surface area contributed by atoms with Gasteiger partial charge in [0.1, 0.15) is 12.4 Å². The van der Waals surface area contributed by atoms with Gasteiger partial charge in [0.05, 0.1) is 32.8 Å². The molecule has 1 saturated heterocycles. The molecule has 3 rings (SSSR count). The quantitative estimate of drug-likeness (QED) is 0.683. The summed E-state index contributed by atoms with van der Waals surface area (Å²) in [6.45, 7) is 5.52. The van der Waals surface area contributed by atoms with Gasteiger partial charge in [-0.25, -0.2) is 9.18 Å². The van der Waals surface area contributed by atoms with Crippen LogP contribution >= 0.6 is 0 Å². The van der Waals surface area contributed by atoms with Crippen molar-refractivity contribution in [2.24, 2.45) is 0 Å². The molecule has 1 aliphatic rings. The number of halogens is 1. The minimum absolute atomic E-state index is 0.120. The van der Waals surface area contributed by atoms with Crippen molar-refractivity contribution in [1.29, 1.82) is 0 Å². The van der Waals surface area contributed by atoms with Crippen LogP contribution in [0.25, 0.3) is 0 Å². The van der Waals surface area contributed by atoms with Gasteiger partial charge in [-0.3, -0.25) is 4.90 Å². The molecule has 10 heteroatoms. The highest BCUT2D eigenvalue weighted by molar-refractivity contribution is 5.67. The van der Waals surface area contributed by atoms with Crippen molar-refractivity contribution in [1.82, 2.24) is 19.9 Å². The Hall–Kier alpha value is -3.01. The topological polar surface area (TPSA) is 111 Å². The van der Waals surface area contributed by atoms with E-state index in [2.05, 4.69) is 20.3 Å². The number of aromatic nitrogens is 3. The van der Waals surface area contributed by atoms with Gasteiger partial charge in [-0.2, -0.15) is 15.0 Å². The van der Waals surface area contributed by atoms with Gasteiger partial charge in [-0.15, -0.1) is 0 Å². The van der Waals surface area contributed by atoms with Crippen LogP contribution in [0.2, 0.25) is 0 Å². The maximum Gasteiger partial charge on any atom is 0.410 e. The Bertz CT molecular complexity index is 779. The number of quaternary nitrogens is 1. The van der Waals surface area contributed by atoms with E-state index in [4.69, 9.17) is 10.5 Å². The summed E-state index contributed by atoms with van der Waals surface area (Å²) in [6.07, 6.45) is -0.272. The van der Waals surface area contributed by atoms with Gasteiger partial charge in [-0.05, 0) is 31.2 Å². The zero-order chi connectivity index (χ0) is 19.2. The summed E-state index contributed by atoms with van der Waals surface area (Å²) in [5.74, 6) is 0.677. The predicted molar refractivity (Wildman–Crippen MR) is 96.9 cm³/mol. The second-order valence-electron chi connectivity index (χ2n) is 6.18. The number of hydrogen-bond donors (Lipinski definition) is 3. The highest BCUT2D eigenvalue weighted by Crippen LogP contribution is 2.13. The maximum atomic E-state index is 13.0. The number of nitrogen functional groups attached to an aromatic ring is 1. The van der Waals surface area contributed by atoms with Crippen molar-refractivity contribution in [3.63, 3.8) is 0 Å². The first-order valence-corrected chi connectivity index (χ1v) is 8.81. The molecule has 2 aromatic rings. The number of rotatable bonds is 5. The number of piperazine rings is 1. The molecule has 0 bridgehead atoms. The second kappa shape index (κ2) is 8.58. The Balaban J connectivity index is 1.60. The van der Waals surface area contributed by atoms with Crippen molar-refractivity contribution < 1.29 is 18.8 Å². The minimum atomic E-state index is -0.318. The summed E-state index contributed by atoms with van der Waals surface area (Å²) in [5.41, 5.74) is 6.45. The van der Waals surface area contributed by atoms with Crippen molar-refractivity contribution in [2.45, 2.75) is 13.5 Å². The molecule has 0 atom stereocenters. The number of ether oxygens (including phenoxy) is 1. The van der Waals surface area contributed by atoms with Gasteiger partial charge in [0.25, 0.3) is 0 Å². The van der Waals surface area contributed by atoms with E-state index in [1.165, 1.54) is 17.0 Å². The second-order valence-corrected chi connectivity index (χ2v) is 6.18. The monoisotopic (exact) mass is 376 g/mol. The molecule has 144 valence electrons. The van der Waals surface area contributed by atoms with Crippen LogP contribution in [0.3, 0.4) is 0 Å². The van der Waals surface area contributed by atoms with E-state index in [1.54, 1.807) is 24.0 Å². The molecule has 9 nitrogen and oxygen atoms in total. The van der Waals surface area contributed by atoms with Crippen molar-refractivity contribution in [3.8, 4) is 0 Å². The molecular formula is C17H23FN7O2+. The van der Waals surface area contributed by atoms with Gasteiger partial charge in [0.2, 0.25) is 11.9 Å². The number of nitrogens with zero attached hydrogens (tertiary/aromatic N) is 4. The number of anilines is 3. The standard InChI is InChI=1S/C17H22FN7O2/c1-2-27-17(26)25-9-7-24(8-10-25)11-14-21-15(19)23-16(22-14)20-13-5-3-12(18)4-6-13/h3-6H,2,7-11H2,1H3,(H3,19,20,21,22,23)/p+1. The molecule has 1 amide bonds. The molecule has 0 spiro atoms. The lowest BCUT2D eigenvalue weighted by molar-refractivity contribution is -0.918. The Kier molecular flexibility index (Phi) is 5.97. The van der Waals surface area contributed by atoms with Crippen LogP contribution < -0.4 is 16.0 Å². The van der Waals surface area contributed by atoms with E-state index in [1.807, 2.05) is 0 Å². The number of amides is 1. The first-order chi connectivity index (χ1) is 13.0. The molecule has 27 heavy (non-hydrogen) atoms. The van der Waals surface area contributed by atoms with Crippen LogP contribution in [-0.2, 0) is 11.3 Å². The lowest BCUT2D eigenvalue weighted by Gasteiger charge is -2.31. The molecule has 2 heterocycles. The van der Waals surface area contributed by atoms with Gasteiger partial charge < -0.3 is 20.7 Å². The van der Waals surface area contributed by atoms with E-state index in [9.17, 15) is 9.18 Å². The summed E-state index contributed by atoms with van der Waals surface area (Å²) in [4.78, 5) is 27.4. The first kappa shape index (κ1) is 18.8. The van der Waals surface area contributed by atoms with E-state index >= 15 is 0 Å². The van der Waals surface area contributed by atoms with E-state index in [0.717, 1.165) is 13.1 Å². The normalized spacial score (nSPS) is 14.8. The number of carbonyl (C=O) groups excluding carboxylic acids is 1. The van der Waals surface area contributed by atoms with Crippen LogP contribution in [0.5, 0.6) is 0 Å². The molecule has 1 fully saturated rings. The van der Waals surface area contributed by atoms with Crippen LogP contribution in [0, 0.1) is 5.82 Å². The van der Waals surface area contributed by atoms with Crippen molar-refractivity contribution in [3.05, 3.63) is 35.9 Å². The van der Waals surface area contributed by atoms with Gasteiger partial charge in [0, 0.05) is 5.69 Å². The lowest BCUT2D eigenvalue weighted by Crippen LogP contribution is -3.13. The fourth-order valence-corrected chi connectivity index (χ4v) is 2.86. The molecule has 0 saturated carbocycles. The van der Waals surface area contributed by atoms with Crippen molar-refractivity contribution in [2.75, 3.05) is 43.8 Å². The van der Waals surface area contributed by atoms with Crippen LogP contribution in [0.1, 0.15) is 12.7 Å². The van der Waals surface area contributed by atoms with Gasteiger partial charge in [-0.1, -0.05) is 0 Å². The van der Waals surface area contributed by atoms with E-state index < -0.39 is 0 Å². The number of carbonyl (C=O) groups is 1. The average molecular weight is 376 g/mol.